The van der Waals surface area contributed by atoms with Gasteiger partial charge in [0, 0.05) is 17.9 Å². The monoisotopic (exact) mass is 429 g/mol. The maximum Gasteiger partial charge on any atom is 0.268 e. The van der Waals surface area contributed by atoms with Crippen molar-refractivity contribution in [2.45, 2.75) is 46.1 Å². The largest absolute Gasteiger partial charge is 0.420 e. The number of nitrogens with one attached hydrogen (secondary N) is 1. The second-order valence-corrected chi connectivity index (χ2v) is 8.86. The van der Waals surface area contributed by atoms with Crippen molar-refractivity contribution in [2.24, 2.45) is 0 Å². The third-order valence-corrected chi connectivity index (χ3v) is 5.22. The van der Waals surface area contributed by atoms with E-state index in [0.29, 0.717) is 23.0 Å². The highest BCUT2D eigenvalue weighted by atomic mass is 16.4. The van der Waals surface area contributed by atoms with Gasteiger partial charge >= 0.3 is 0 Å². The summed E-state index contributed by atoms with van der Waals surface area (Å²) < 4.78 is 7.41. The fraction of sp³-hybridized carbons (Fsp3) is 0.280. The Hall–Kier alpha value is -3.74. The topological polar surface area (TPSA) is 85.8 Å². The number of amides is 1. The Labute approximate surface area is 187 Å². The molecule has 4 aromatic rings. The van der Waals surface area contributed by atoms with Gasteiger partial charge in [0.2, 0.25) is 5.89 Å². The van der Waals surface area contributed by atoms with E-state index in [4.69, 9.17) is 9.52 Å². The van der Waals surface area contributed by atoms with Gasteiger partial charge in [-0.25, -0.2) is 4.68 Å². The molecule has 0 spiro atoms. The summed E-state index contributed by atoms with van der Waals surface area (Å²) in [6.07, 6.45) is 0. The van der Waals surface area contributed by atoms with Gasteiger partial charge in [0.25, 0.3) is 11.8 Å². The van der Waals surface area contributed by atoms with E-state index in [1.165, 1.54) is 0 Å². The Kier molecular flexibility index (Phi) is 5.65. The molecule has 0 radical (unpaired) electrons. The summed E-state index contributed by atoms with van der Waals surface area (Å²) in [7, 11) is 0. The molecule has 32 heavy (non-hydrogen) atoms. The van der Waals surface area contributed by atoms with E-state index in [-0.39, 0.29) is 17.4 Å². The van der Waals surface area contributed by atoms with Crippen LogP contribution in [0.1, 0.15) is 61.2 Å². The van der Waals surface area contributed by atoms with Gasteiger partial charge in [0.05, 0.1) is 17.4 Å². The van der Waals surface area contributed by atoms with Crippen molar-refractivity contribution < 1.29 is 9.21 Å². The lowest BCUT2D eigenvalue weighted by molar-refractivity contribution is 0.0940. The zero-order valence-electron chi connectivity index (χ0n) is 19.0. The van der Waals surface area contributed by atoms with Crippen molar-refractivity contribution in [3.63, 3.8) is 0 Å². The molecule has 0 aliphatic rings. The summed E-state index contributed by atoms with van der Waals surface area (Å²) in [6, 6.07) is 19.2. The summed E-state index contributed by atoms with van der Waals surface area (Å²) in [4.78, 5) is 12.9. The Morgan fingerprint density at radius 2 is 1.78 bits per heavy atom. The Morgan fingerprint density at radius 3 is 2.44 bits per heavy atom. The minimum absolute atomic E-state index is 0.102. The second-order valence-electron chi connectivity index (χ2n) is 8.86. The van der Waals surface area contributed by atoms with E-state index in [1.54, 1.807) is 13.0 Å². The lowest BCUT2D eigenvalue weighted by atomic mass is 9.91. The minimum Gasteiger partial charge on any atom is -0.420 e. The summed E-state index contributed by atoms with van der Waals surface area (Å²) in [6.45, 7) is 10.1. The quantitative estimate of drug-likeness (QED) is 0.481. The average molecular weight is 430 g/mol. The summed E-state index contributed by atoms with van der Waals surface area (Å²) in [5, 5.41) is 15.8. The van der Waals surface area contributed by atoms with Crippen LogP contribution in [0.4, 0.5) is 0 Å². The fourth-order valence-corrected chi connectivity index (χ4v) is 3.50. The van der Waals surface area contributed by atoms with Crippen LogP contribution in [0.25, 0.3) is 17.3 Å². The van der Waals surface area contributed by atoms with E-state index >= 15 is 0 Å². The van der Waals surface area contributed by atoms with Crippen LogP contribution in [0.15, 0.2) is 65.1 Å². The first-order valence-corrected chi connectivity index (χ1v) is 10.6. The first-order valence-electron chi connectivity index (χ1n) is 10.6. The molecule has 7 nitrogen and oxygen atoms in total. The minimum atomic E-state index is -0.194. The molecule has 2 heterocycles. The predicted molar refractivity (Wildman–Crippen MR) is 123 cm³/mol. The molecule has 4 rings (SSSR count). The van der Waals surface area contributed by atoms with Gasteiger partial charge in [-0.3, -0.25) is 4.79 Å². The lowest BCUT2D eigenvalue weighted by Crippen LogP contribution is -2.26. The van der Waals surface area contributed by atoms with Crippen molar-refractivity contribution in [2.75, 3.05) is 0 Å². The number of hydrogen-bond donors (Lipinski definition) is 1. The van der Waals surface area contributed by atoms with Gasteiger partial charge in [-0.1, -0.05) is 57.2 Å². The third-order valence-electron chi connectivity index (χ3n) is 5.22. The van der Waals surface area contributed by atoms with Gasteiger partial charge in [-0.05, 0) is 36.8 Å². The Balaban J connectivity index is 1.67. The Morgan fingerprint density at radius 1 is 1.03 bits per heavy atom. The normalized spacial score (nSPS) is 12.5. The van der Waals surface area contributed by atoms with E-state index in [1.807, 2.05) is 66.2 Å². The molecular formula is C25H27N5O2. The molecule has 0 saturated carbocycles. The molecule has 2 aromatic heterocycles. The third kappa shape index (κ3) is 4.46. The number of benzene rings is 2. The van der Waals surface area contributed by atoms with Crippen LogP contribution in [0.3, 0.4) is 0 Å². The molecule has 0 bridgehead atoms. The van der Waals surface area contributed by atoms with Crippen LogP contribution in [-0.2, 0) is 5.41 Å². The van der Waals surface area contributed by atoms with Crippen LogP contribution in [0, 0.1) is 6.92 Å². The number of aryl methyl sites for hydroxylation is 1. The van der Waals surface area contributed by atoms with Gasteiger partial charge in [-0.15, -0.1) is 10.2 Å². The zero-order valence-corrected chi connectivity index (χ0v) is 19.0. The number of carbonyl (C=O) groups is 1. The Bertz CT molecular complexity index is 1230. The zero-order chi connectivity index (χ0) is 22.9. The van der Waals surface area contributed by atoms with Crippen LogP contribution in [-0.4, -0.2) is 25.9 Å². The summed E-state index contributed by atoms with van der Waals surface area (Å²) in [5.74, 6) is 0.718. The lowest BCUT2D eigenvalue weighted by Gasteiger charge is -2.20. The standard InChI is InChI=1S/C25H27N5O2/c1-16(18-10-7-6-8-11-18)26-23(31)19-12-9-13-20(14-19)30-22(25(3,4)5)15-21(29-30)24-28-27-17(2)32-24/h6-16H,1-5H3,(H,26,31). The number of aromatic nitrogens is 4. The van der Waals surface area contributed by atoms with Gasteiger partial charge < -0.3 is 9.73 Å². The first kappa shape index (κ1) is 21.5. The average Bonchev–Trinajstić information content (AvgIpc) is 3.41. The molecule has 1 atom stereocenters. The van der Waals surface area contributed by atoms with E-state index in [2.05, 4.69) is 36.3 Å². The number of hydrogen-bond acceptors (Lipinski definition) is 5. The molecule has 0 aliphatic heterocycles. The van der Waals surface area contributed by atoms with E-state index < -0.39 is 0 Å². The summed E-state index contributed by atoms with van der Waals surface area (Å²) >= 11 is 0. The van der Waals surface area contributed by atoms with Crippen molar-refractivity contribution in [1.82, 2.24) is 25.3 Å². The van der Waals surface area contributed by atoms with Crippen molar-refractivity contribution >= 4 is 5.91 Å². The van der Waals surface area contributed by atoms with E-state index in [0.717, 1.165) is 16.9 Å². The van der Waals surface area contributed by atoms with Crippen LogP contribution in [0.5, 0.6) is 0 Å². The van der Waals surface area contributed by atoms with Gasteiger partial charge in [-0.2, -0.15) is 5.10 Å². The molecule has 1 N–H and O–H groups in total. The molecular weight excluding hydrogens is 402 g/mol. The number of rotatable bonds is 5. The van der Waals surface area contributed by atoms with Crippen LogP contribution in [0.2, 0.25) is 0 Å². The highest BCUT2D eigenvalue weighted by Gasteiger charge is 2.24. The molecule has 0 saturated heterocycles. The van der Waals surface area contributed by atoms with Crippen LogP contribution < -0.4 is 5.32 Å². The highest BCUT2D eigenvalue weighted by Crippen LogP contribution is 2.29. The van der Waals surface area contributed by atoms with Crippen molar-refractivity contribution in [3.05, 3.63) is 83.4 Å². The van der Waals surface area contributed by atoms with Crippen molar-refractivity contribution in [3.8, 4) is 17.3 Å². The smallest absolute Gasteiger partial charge is 0.268 e. The molecule has 164 valence electrons. The molecule has 0 aliphatic carbocycles. The molecule has 1 amide bonds. The molecule has 7 heteroatoms. The van der Waals surface area contributed by atoms with Gasteiger partial charge in [0.1, 0.15) is 5.69 Å². The second kappa shape index (κ2) is 8.42. The molecule has 0 fully saturated rings. The summed E-state index contributed by atoms with van der Waals surface area (Å²) in [5.41, 5.74) is 3.79. The maximum atomic E-state index is 12.9. The van der Waals surface area contributed by atoms with Crippen LogP contribution >= 0.6 is 0 Å². The number of carbonyl (C=O) groups excluding carboxylic acids is 1. The molecule has 1 unspecified atom stereocenters. The molecule has 2 aromatic carbocycles. The fourth-order valence-electron chi connectivity index (χ4n) is 3.50. The number of nitrogens with zero attached hydrogens (tertiary/aromatic N) is 4. The first-order chi connectivity index (χ1) is 15.2. The van der Waals surface area contributed by atoms with Gasteiger partial charge in [0.15, 0.2) is 0 Å². The predicted octanol–water partition coefficient (Wildman–Crippen LogP) is 5.02. The van der Waals surface area contributed by atoms with E-state index in [9.17, 15) is 4.79 Å². The maximum absolute atomic E-state index is 12.9. The van der Waals surface area contributed by atoms with Crippen molar-refractivity contribution in [1.29, 1.82) is 0 Å². The highest BCUT2D eigenvalue weighted by molar-refractivity contribution is 5.95. The SMILES string of the molecule is Cc1nnc(-c2cc(C(C)(C)C)n(-c3cccc(C(=O)NC(C)c4ccccc4)c3)n2)o1.